The SMILES string of the molecule is COC(=O)c1ccc(O)c(Nc2ccc(Cl)cc2)c1. The Balaban J connectivity index is 2.28. The molecule has 19 heavy (non-hydrogen) atoms. The van der Waals surface area contributed by atoms with E-state index in [-0.39, 0.29) is 5.75 Å². The van der Waals surface area contributed by atoms with Gasteiger partial charge in [-0.2, -0.15) is 0 Å². The number of phenolic OH excluding ortho intramolecular Hbond substituents is 1. The molecule has 0 aliphatic carbocycles. The number of anilines is 2. The molecule has 0 heterocycles. The van der Waals surface area contributed by atoms with Crippen molar-refractivity contribution in [2.45, 2.75) is 0 Å². The number of nitrogens with one attached hydrogen (secondary N) is 1. The van der Waals surface area contributed by atoms with Crippen LogP contribution in [0.3, 0.4) is 0 Å². The molecule has 0 aromatic heterocycles. The van der Waals surface area contributed by atoms with Crippen molar-refractivity contribution in [3.63, 3.8) is 0 Å². The summed E-state index contributed by atoms with van der Waals surface area (Å²) < 4.78 is 4.63. The maximum Gasteiger partial charge on any atom is 0.337 e. The van der Waals surface area contributed by atoms with Gasteiger partial charge < -0.3 is 15.2 Å². The monoisotopic (exact) mass is 277 g/mol. The minimum Gasteiger partial charge on any atom is -0.506 e. The van der Waals surface area contributed by atoms with Gasteiger partial charge >= 0.3 is 5.97 Å². The Morgan fingerprint density at radius 2 is 1.89 bits per heavy atom. The first kappa shape index (κ1) is 13.2. The molecule has 0 fully saturated rings. The van der Waals surface area contributed by atoms with Crippen molar-refractivity contribution in [3.05, 3.63) is 53.1 Å². The fourth-order valence-corrected chi connectivity index (χ4v) is 1.70. The second-order valence-corrected chi connectivity index (χ2v) is 4.29. The van der Waals surface area contributed by atoms with Crippen LogP contribution < -0.4 is 5.32 Å². The number of halogens is 1. The Bertz CT molecular complexity index is 596. The average molecular weight is 278 g/mol. The first-order chi connectivity index (χ1) is 9.10. The number of carbonyl (C=O) groups is 1. The molecule has 0 atom stereocenters. The fraction of sp³-hybridized carbons (Fsp3) is 0.0714. The third-order valence-electron chi connectivity index (χ3n) is 2.54. The molecule has 2 N–H and O–H groups in total. The second kappa shape index (κ2) is 5.63. The van der Waals surface area contributed by atoms with E-state index in [2.05, 4.69) is 10.1 Å². The molecule has 0 spiro atoms. The molecule has 0 unspecified atom stereocenters. The number of hydrogen-bond donors (Lipinski definition) is 2. The normalized spacial score (nSPS) is 10.0. The van der Waals surface area contributed by atoms with Gasteiger partial charge in [-0.1, -0.05) is 11.6 Å². The molecule has 0 radical (unpaired) electrons. The van der Waals surface area contributed by atoms with Crippen molar-refractivity contribution >= 4 is 28.9 Å². The number of carbonyl (C=O) groups excluding carboxylic acids is 1. The highest BCUT2D eigenvalue weighted by molar-refractivity contribution is 6.30. The lowest BCUT2D eigenvalue weighted by Gasteiger charge is -2.10. The number of rotatable bonds is 3. The topological polar surface area (TPSA) is 58.6 Å². The Morgan fingerprint density at radius 1 is 1.21 bits per heavy atom. The Kier molecular flexibility index (Phi) is 3.92. The van der Waals surface area contributed by atoms with Gasteiger partial charge in [0.05, 0.1) is 18.4 Å². The molecule has 98 valence electrons. The third kappa shape index (κ3) is 3.17. The zero-order chi connectivity index (χ0) is 13.8. The molecule has 0 amide bonds. The van der Waals surface area contributed by atoms with Gasteiger partial charge in [-0.05, 0) is 42.5 Å². The summed E-state index contributed by atoms with van der Waals surface area (Å²) in [6.45, 7) is 0. The van der Waals surface area contributed by atoms with Crippen LogP contribution in [0.4, 0.5) is 11.4 Å². The van der Waals surface area contributed by atoms with Gasteiger partial charge in [-0.25, -0.2) is 4.79 Å². The van der Waals surface area contributed by atoms with Crippen LogP contribution in [-0.4, -0.2) is 18.2 Å². The number of hydrogen-bond acceptors (Lipinski definition) is 4. The van der Waals surface area contributed by atoms with E-state index in [4.69, 9.17) is 11.6 Å². The third-order valence-corrected chi connectivity index (χ3v) is 2.79. The summed E-state index contributed by atoms with van der Waals surface area (Å²) in [5.41, 5.74) is 1.53. The average Bonchev–Trinajstić information content (AvgIpc) is 2.43. The molecule has 0 saturated carbocycles. The number of ether oxygens (including phenoxy) is 1. The Morgan fingerprint density at radius 3 is 2.53 bits per heavy atom. The minimum atomic E-state index is -0.459. The number of aromatic hydroxyl groups is 1. The van der Waals surface area contributed by atoms with E-state index < -0.39 is 5.97 Å². The highest BCUT2D eigenvalue weighted by atomic mass is 35.5. The van der Waals surface area contributed by atoms with E-state index in [1.807, 2.05) is 0 Å². The van der Waals surface area contributed by atoms with Crippen molar-refractivity contribution < 1.29 is 14.6 Å². The van der Waals surface area contributed by atoms with E-state index in [9.17, 15) is 9.90 Å². The molecule has 0 aliphatic heterocycles. The van der Waals surface area contributed by atoms with Gasteiger partial charge in [0.1, 0.15) is 5.75 Å². The van der Waals surface area contributed by atoms with E-state index in [1.54, 1.807) is 24.3 Å². The quantitative estimate of drug-likeness (QED) is 0.665. The zero-order valence-corrected chi connectivity index (χ0v) is 10.9. The summed E-state index contributed by atoms with van der Waals surface area (Å²) in [7, 11) is 1.31. The van der Waals surface area contributed by atoms with Crippen molar-refractivity contribution in [3.8, 4) is 5.75 Å². The fourth-order valence-electron chi connectivity index (χ4n) is 1.57. The minimum absolute atomic E-state index is 0.0441. The lowest BCUT2D eigenvalue weighted by atomic mass is 10.2. The van der Waals surface area contributed by atoms with Gasteiger partial charge in [0.2, 0.25) is 0 Å². The summed E-state index contributed by atoms with van der Waals surface area (Å²) in [5.74, 6) is -0.415. The van der Waals surface area contributed by atoms with Gasteiger partial charge in [0.15, 0.2) is 0 Å². The maximum absolute atomic E-state index is 11.4. The smallest absolute Gasteiger partial charge is 0.337 e. The van der Waals surface area contributed by atoms with E-state index >= 15 is 0 Å². The maximum atomic E-state index is 11.4. The molecule has 0 aliphatic rings. The molecular formula is C14H12ClNO3. The predicted molar refractivity (Wildman–Crippen MR) is 74.2 cm³/mol. The highest BCUT2D eigenvalue weighted by Gasteiger charge is 2.09. The van der Waals surface area contributed by atoms with Crippen LogP contribution in [0.25, 0.3) is 0 Å². The van der Waals surface area contributed by atoms with Crippen LogP contribution in [0.1, 0.15) is 10.4 Å². The van der Waals surface area contributed by atoms with Crippen LogP contribution in [0.2, 0.25) is 5.02 Å². The second-order valence-electron chi connectivity index (χ2n) is 3.86. The standard InChI is InChI=1S/C14H12ClNO3/c1-19-14(18)9-2-7-13(17)12(8-9)16-11-5-3-10(15)4-6-11/h2-8,16-17H,1H3. The summed E-state index contributed by atoms with van der Waals surface area (Å²) >= 11 is 5.79. The predicted octanol–water partition coefficient (Wildman–Crippen LogP) is 3.58. The van der Waals surface area contributed by atoms with Crippen LogP contribution in [-0.2, 0) is 4.74 Å². The molecule has 2 aromatic rings. The van der Waals surface area contributed by atoms with Crippen molar-refractivity contribution in [1.82, 2.24) is 0 Å². The molecule has 2 aromatic carbocycles. The van der Waals surface area contributed by atoms with Crippen LogP contribution in [0, 0.1) is 0 Å². The van der Waals surface area contributed by atoms with Gasteiger partial charge in [-0.15, -0.1) is 0 Å². The molecule has 0 saturated heterocycles. The van der Waals surface area contributed by atoms with E-state index in [0.717, 1.165) is 5.69 Å². The number of phenols is 1. The Hall–Kier alpha value is -2.20. The lowest BCUT2D eigenvalue weighted by molar-refractivity contribution is 0.0601. The van der Waals surface area contributed by atoms with Crippen LogP contribution in [0.5, 0.6) is 5.75 Å². The first-order valence-corrected chi connectivity index (χ1v) is 5.92. The van der Waals surface area contributed by atoms with Gasteiger partial charge in [-0.3, -0.25) is 0 Å². The number of benzene rings is 2. The summed E-state index contributed by atoms with van der Waals surface area (Å²) in [6, 6.07) is 11.4. The summed E-state index contributed by atoms with van der Waals surface area (Å²) in [6.07, 6.45) is 0. The zero-order valence-electron chi connectivity index (χ0n) is 10.2. The van der Waals surface area contributed by atoms with Crippen molar-refractivity contribution in [2.24, 2.45) is 0 Å². The first-order valence-electron chi connectivity index (χ1n) is 5.54. The van der Waals surface area contributed by atoms with E-state index in [1.165, 1.54) is 25.3 Å². The number of esters is 1. The summed E-state index contributed by atoms with van der Waals surface area (Å²) in [4.78, 5) is 11.4. The number of methoxy groups -OCH3 is 1. The van der Waals surface area contributed by atoms with Gasteiger partial charge in [0, 0.05) is 10.7 Å². The van der Waals surface area contributed by atoms with Crippen molar-refractivity contribution in [2.75, 3.05) is 12.4 Å². The van der Waals surface area contributed by atoms with Crippen LogP contribution in [0.15, 0.2) is 42.5 Å². The molecule has 5 heteroatoms. The Labute approximate surface area is 115 Å². The largest absolute Gasteiger partial charge is 0.506 e. The van der Waals surface area contributed by atoms with Crippen molar-refractivity contribution in [1.29, 1.82) is 0 Å². The van der Waals surface area contributed by atoms with E-state index in [0.29, 0.717) is 16.3 Å². The lowest BCUT2D eigenvalue weighted by Crippen LogP contribution is -2.02. The molecule has 0 bridgehead atoms. The summed E-state index contributed by atoms with van der Waals surface area (Å²) in [5, 5.41) is 13.4. The molecule has 2 rings (SSSR count). The molecule has 4 nitrogen and oxygen atoms in total. The van der Waals surface area contributed by atoms with Gasteiger partial charge in [0.25, 0.3) is 0 Å². The molecular weight excluding hydrogens is 266 g/mol. The highest BCUT2D eigenvalue weighted by Crippen LogP contribution is 2.28. The van der Waals surface area contributed by atoms with Crippen LogP contribution >= 0.6 is 11.6 Å².